The predicted molar refractivity (Wildman–Crippen MR) is 81.8 cm³/mol. The van der Waals surface area contributed by atoms with Gasteiger partial charge in [-0.05, 0) is 24.3 Å². The van der Waals surface area contributed by atoms with Crippen LogP contribution in [0.3, 0.4) is 0 Å². The Morgan fingerprint density at radius 2 is 2.00 bits per heavy atom. The lowest BCUT2D eigenvalue weighted by Crippen LogP contribution is -2.24. The third-order valence-electron chi connectivity index (χ3n) is 3.23. The van der Waals surface area contributed by atoms with Crippen LogP contribution < -0.4 is 15.0 Å². The second-order valence-electron chi connectivity index (χ2n) is 5.09. The molecule has 0 spiro atoms. The van der Waals surface area contributed by atoms with Crippen LogP contribution in [0.5, 0.6) is 5.75 Å². The van der Waals surface area contributed by atoms with Crippen LogP contribution >= 0.6 is 0 Å². The van der Waals surface area contributed by atoms with E-state index in [0.717, 1.165) is 11.6 Å². The summed E-state index contributed by atoms with van der Waals surface area (Å²) in [5, 5.41) is 2.76. The van der Waals surface area contributed by atoms with E-state index in [2.05, 4.69) is 15.0 Å². The Hall–Kier alpha value is -2.64. The molecule has 0 unspecified atom stereocenters. The molecule has 124 valence electrons. The zero-order chi connectivity index (χ0) is 17.0. The van der Waals surface area contributed by atoms with Gasteiger partial charge in [0.1, 0.15) is 5.75 Å². The van der Waals surface area contributed by atoms with E-state index in [4.69, 9.17) is 0 Å². The van der Waals surface area contributed by atoms with Crippen LogP contribution in [0.2, 0.25) is 0 Å². The number of aromatic nitrogens is 2. The van der Waals surface area contributed by atoms with E-state index >= 15 is 0 Å². The Bertz CT molecular complexity index is 669. The number of hydrogen-bond acceptors (Lipinski definition) is 4. The summed E-state index contributed by atoms with van der Waals surface area (Å²) in [6, 6.07) is 5.52. The third-order valence-corrected chi connectivity index (χ3v) is 3.23. The Balaban J connectivity index is 1.97. The summed E-state index contributed by atoms with van der Waals surface area (Å²) in [5.41, 5.74) is 1.21. The molecular formula is C15H18F2N4O2. The summed E-state index contributed by atoms with van der Waals surface area (Å²) < 4.78 is 30.3. The van der Waals surface area contributed by atoms with Crippen molar-refractivity contribution < 1.29 is 18.3 Å². The molecule has 2 rings (SSSR count). The molecule has 1 aromatic heterocycles. The van der Waals surface area contributed by atoms with Crippen LogP contribution in [-0.2, 0) is 13.6 Å². The van der Waals surface area contributed by atoms with E-state index in [9.17, 15) is 13.6 Å². The molecule has 6 nitrogen and oxygen atoms in total. The zero-order valence-corrected chi connectivity index (χ0v) is 13.1. The number of imidazole rings is 1. The predicted octanol–water partition coefficient (Wildman–Crippen LogP) is 2.02. The number of nitrogens with zero attached hydrogens (tertiary/aromatic N) is 3. The van der Waals surface area contributed by atoms with E-state index < -0.39 is 6.61 Å². The molecule has 0 saturated carbocycles. The third kappa shape index (κ3) is 4.18. The fourth-order valence-corrected chi connectivity index (χ4v) is 2.07. The van der Waals surface area contributed by atoms with Crippen molar-refractivity contribution in [2.45, 2.75) is 13.2 Å². The van der Waals surface area contributed by atoms with Gasteiger partial charge in [0.25, 0.3) is 5.91 Å². The van der Waals surface area contributed by atoms with Gasteiger partial charge in [-0.25, -0.2) is 4.98 Å². The monoisotopic (exact) mass is 324 g/mol. The van der Waals surface area contributed by atoms with Crippen LogP contribution in [0.25, 0.3) is 0 Å². The number of carbonyl (C=O) groups excluding carboxylic acids is 1. The van der Waals surface area contributed by atoms with Gasteiger partial charge in [-0.1, -0.05) is 0 Å². The summed E-state index contributed by atoms with van der Waals surface area (Å²) in [6.07, 6.45) is 1.69. The van der Waals surface area contributed by atoms with Crippen molar-refractivity contribution in [1.29, 1.82) is 0 Å². The van der Waals surface area contributed by atoms with E-state index in [1.807, 2.05) is 30.6 Å². The summed E-state index contributed by atoms with van der Waals surface area (Å²) >= 11 is 0. The van der Waals surface area contributed by atoms with Crippen molar-refractivity contribution in [3.05, 3.63) is 41.7 Å². The molecule has 1 N–H and O–H groups in total. The highest BCUT2D eigenvalue weighted by Crippen LogP contribution is 2.15. The van der Waals surface area contributed by atoms with Crippen molar-refractivity contribution in [1.82, 2.24) is 14.9 Å². The molecule has 0 saturated heterocycles. The highest BCUT2D eigenvalue weighted by molar-refractivity contribution is 5.94. The van der Waals surface area contributed by atoms with Crippen molar-refractivity contribution in [2.75, 3.05) is 19.0 Å². The highest BCUT2D eigenvalue weighted by atomic mass is 19.3. The molecule has 0 fully saturated rings. The number of nitrogens with one attached hydrogen (secondary N) is 1. The van der Waals surface area contributed by atoms with Crippen LogP contribution in [0.15, 0.2) is 30.5 Å². The lowest BCUT2D eigenvalue weighted by Gasteiger charge is -2.13. The Morgan fingerprint density at radius 1 is 1.35 bits per heavy atom. The fraction of sp³-hybridized carbons (Fsp3) is 0.333. The molecular weight excluding hydrogens is 306 g/mol. The maximum absolute atomic E-state index is 12.1. The topological polar surface area (TPSA) is 59.4 Å². The maximum Gasteiger partial charge on any atom is 0.387 e. The van der Waals surface area contributed by atoms with Gasteiger partial charge in [-0.2, -0.15) is 8.78 Å². The van der Waals surface area contributed by atoms with Crippen LogP contribution in [-0.4, -0.2) is 36.2 Å². The first-order valence-electron chi connectivity index (χ1n) is 6.89. The highest BCUT2D eigenvalue weighted by Gasteiger charge is 2.11. The number of ether oxygens (including phenoxy) is 1. The molecule has 23 heavy (non-hydrogen) atoms. The van der Waals surface area contributed by atoms with Crippen molar-refractivity contribution >= 4 is 11.9 Å². The largest absolute Gasteiger partial charge is 0.435 e. The number of anilines is 1. The zero-order valence-electron chi connectivity index (χ0n) is 13.1. The quantitative estimate of drug-likeness (QED) is 0.883. The fourth-order valence-electron chi connectivity index (χ4n) is 2.07. The van der Waals surface area contributed by atoms with Gasteiger partial charge in [0.15, 0.2) is 0 Å². The molecule has 0 aliphatic heterocycles. The molecule has 1 heterocycles. The lowest BCUT2D eigenvalue weighted by atomic mass is 10.2. The van der Waals surface area contributed by atoms with Gasteiger partial charge in [0, 0.05) is 26.7 Å². The van der Waals surface area contributed by atoms with Gasteiger partial charge in [-0.15, -0.1) is 0 Å². The molecule has 0 atom stereocenters. The molecule has 1 amide bonds. The molecule has 0 aliphatic carbocycles. The molecule has 0 radical (unpaired) electrons. The Labute approximate surface area is 132 Å². The number of carbonyl (C=O) groups is 1. The van der Waals surface area contributed by atoms with Crippen molar-refractivity contribution in [3.8, 4) is 5.75 Å². The number of alkyl halides is 2. The average Bonchev–Trinajstić information content (AvgIpc) is 2.86. The smallest absolute Gasteiger partial charge is 0.387 e. The van der Waals surface area contributed by atoms with Gasteiger partial charge >= 0.3 is 6.61 Å². The first kappa shape index (κ1) is 16.7. The van der Waals surface area contributed by atoms with Crippen LogP contribution in [0.1, 0.15) is 16.1 Å². The van der Waals surface area contributed by atoms with Crippen molar-refractivity contribution in [2.24, 2.45) is 7.05 Å². The molecule has 2 aromatic rings. The number of rotatable bonds is 6. The normalized spacial score (nSPS) is 10.7. The maximum atomic E-state index is 12.1. The Morgan fingerprint density at radius 3 is 2.52 bits per heavy atom. The molecule has 8 heteroatoms. The van der Waals surface area contributed by atoms with Gasteiger partial charge in [0.2, 0.25) is 5.95 Å². The second-order valence-corrected chi connectivity index (χ2v) is 5.09. The first-order valence-corrected chi connectivity index (χ1v) is 6.89. The lowest BCUT2D eigenvalue weighted by molar-refractivity contribution is -0.0498. The first-order chi connectivity index (χ1) is 10.9. The SMILES string of the molecule is CN(C)c1ncc(CNC(=O)c2ccc(OC(F)F)cc2)n1C. The molecule has 0 aliphatic rings. The summed E-state index contributed by atoms with van der Waals surface area (Å²) in [6.45, 7) is -2.57. The van der Waals surface area contributed by atoms with E-state index in [-0.39, 0.29) is 11.7 Å². The minimum absolute atomic E-state index is 0.0128. The van der Waals surface area contributed by atoms with E-state index in [0.29, 0.717) is 12.1 Å². The molecule has 0 bridgehead atoms. The number of amides is 1. The number of halogens is 2. The minimum Gasteiger partial charge on any atom is -0.435 e. The molecule has 1 aromatic carbocycles. The van der Waals surface area contributed by atoms with E-state index in [1.54, 1.807) is 6.20 Å². The van der Waals surface area contributed by atoms with Gasteiger partial charge in [-0.3, -0.25) is 4.79 Å². The summed E-state index contributed by atoms with van der Waals surface area (Å²) in [4.78, 5) is 18.2. The summed E-state index contributed by atoms with van der Waals surface area (Å²) in [5.74, 6) is 0.489. The van der Waals surface area contributed by atoms with E-state index in [1.165, 1.54) is 24.3 Å². The van der Waals surface area contributed by atoms with Crippen LogP contribution in [0.4, 0.5) is 14.7 Å². The van der Waals surface area contributed by atoms with Gasteiger partial charge in [0.05, 0.1) is 18.4 Å². The standard InChI is InChI=1S/C15H18F2N4O2/c1-20(2)15-19-9-11(21(15)3)8-18-13(22)10-4-6-12(7-5-10)23-14(16)17/h4-7,9,14H,8H2,1-3H3,(H,18,22). The second kappa shape index (κ2) is 7.08. The number of benzene rings is 1. The van der Waals surface area contributed by atoms with Gasteiger partial charge < -0.3 is 19.5 Å². The number of hydrogen-bond donors (Lipinski definition) is 1. The average molecular weight is 324 g/mol. The van der Waals surface area contributed by atoms with Crippen LogP contribution in [0, 0.1) is 0 Å². The summed E-state index contributed by atoms with van der Waals surface area (Å²) in [7, 11) is 5.63. The van der Waals surface area contributed by atoms with Crippen molar-refractivity contribution in [3.63, 3.8) is 0 Å². The minimum atomic E-state index is -2.88. The Kier molecular flexibility index (Phi) is 5.15.